The maximum absolute atomic E-state index is 13.3. The Morgan fingerprint density at radius 3 is 2.52 bits per heavy atom. The van der Waals surface area contributed by atoms with E-state index in [0.717, 1.165) is 61.4 Å². The van der Waals surface area contributed by atoms with Crippen molar-refractivity contribution >= 4 is 28.8 Å². The molecule has 1 aromatic heterocycles. The van der Waals surface area contributed by atoms with Crippen LogP contribution in [0.3, 0.4) is 0 Å². The van der Waals surface area contributed by atoms with Gasteiger partial charge in [0.15, 0.2) is 0 Å². The third kappa shape index (κ3) is 4.47. The van der Waals surface area contributed by atoms with Gasteiger partial charge in [0.1, 0.15) is 0 Å². The summed E-state index contributed by atoms with van der Waals surface area (Å²) in [5, 5.41) is 5.08. The minimum Gasteiger partial charge on any atom is -0.371 e. The summed E-state index contributed by atoms with van der Waals surface area (Å²) in [4.78, 5) is 30.7. The Balaban J connectivity index is 1.41. The number of rotatable bonds is 4. The number of benzene rings is 1. The van der Waals surface area contributed by atoms with E-state index >= 15 is 0 Å². The van der Waals surface area contributed by atoms with Crippen LogP contribution in [-0.4, -0.2) is 48.4 Å². The number of nitrogens with zero attached hydrogens (tertiary/aromatic N) is 2. The van der Waals surface area contributed by atoms with Crippen LogP contribution in [0.5, 0.6) is 0 Å². The molecule has 2 aromatic rings. The first-order chi connectivity index (χ1) is 14.1. The highest BCUT2D eigenvalue weighted by molar-refractivity contribution is 7.12. The van der Waals surface area contributed by atoms with Crippen molar-refractivity contribution in [2.24, 2.45) is 0 Å². The highest BCUT2D eigenvalue weighted by atomic mass is 32.1. The maximum Gasteiger partial charge on any atom is 0.261 e. The lowest BCUT2D eigenvalue weighted by molar-refractivity contribution is 0.0636. The molecule has 5 nitrogen and oxygen atoms in total. The van der Waals surface area contributed by atoms with Gasteiger partial charge in [-0.15, -0.1) is 11.3 Å². The average Bonchev–Trinajstić information content (AvgIpc) is 3.29. The molecule has 154 valence electrons. The van der Waals surface area contributed by atoms with Crippen molar-refractivity contribution in [3.63, 3.8) is 0 Å². The summed E-state index contributed by atoms with van der Waals surface area (Å²) >= 11 is 1.47. The third-order valence-corrected chi connectivity index (χ3v) is 6.98. The summed E-state index contributed by atoms with van der Waals surface area (Å²) in [6, 6.07) is 12.2. The van der Waals surface area contributed by atoms with Crippen molar-refractivity contribution in [1.82, 2.24) is 10.2 Å². The number of thiophene rings is 1. The summed E-state index contributed by atoms with van der Waals surface area (Å²) < 4.78 is 0. The fourth-order valence-corrected chi connectivity index (χ4v) is 5.04. The molecule has 2 aliphatic rings. The number of piperidine rings is 2. The van der Waals surface area contributed by atoms with Gasteiger partial charge in [0.05, 0.1) is 10.4 Å². The number of carbonyl (C=O) groups is 2. The van der Waals surface area contributed by atoms with E-state index in [1.807, 2.05) is 40.6 Å². The van der Waals surface area contributed by atoms with Crippen LogP contribution in [0.2, 0.25) is 0 Å². The zero-order valence-corrected chi connectivity index (χ0v) is 17.8. The standard InChI is InChI=1S/C23H29N3O2S/c1-17-7-4-5-13-26(17)23(28)19-8-2-3-9-20(19)25-14-11-18(12-15-25)24-22(27)21-10-6-16-29-21/h2-3,6,8-10,16-18H,4-5,7,11-15H2,1H3,(H,24,27)/t17-/m1/s1. The smallest absolute Gasteiger partial charge is 0.261 e. The Morgan fingerprint density at radius 2 is 1.79 bits per heavy atom. The van der Waals surface area contributed by atoms with Gasteiger partial charge >= 0.3 is 0 Å². The zero-order valence-electron chi connectivity index (χ0n) is 17.0. The Hall–Kier alpha value is -2.34. The van der Waals surface area contributed by atoms with Crippen LogP contribution in [0.4, 0.5) is 5.69 Å². The van der Waals surface area contributed by atoms with Gasteiger partial charge < -0.3 is 15.1 Å². The first kappa shape index (κ1) is 20.0. The summed E-state index contributed by atoms with van der Waals surface area (Å²) in [5.74, 6) is 0.175. The fourth-order valence-electron chi connectivity index (χ4n) is 4.41. The molecule has 0 radical (unpaired) electrons. The van der Waals surface area contributed by atoms with Crippen molar-refractivity contribution in [2.75, 3.05) is 24.5 Å². The van der Waals surface area contributed by atoms with Gasteiger partial charge in [-0.1, -0.05) is 18.2 Å². The van der Waals surface area contributed by atoms with Crippen LogP contribution in [0.1, 0.15) is 59.1 Å². The van der Waals surface area contributed by atoms with E-state index in [9.17, 15) is 9.59 Å². The quantitative estimate of drug-likeness (QED) is 0.822. The normalized spacial score (nSPS) is 20.5. The lowest BCUT2D eigenvalue weighted by atomic mass is 10.00. The van der Waals surface area contributed by atoms with Crippen molar-refractivity contribution in [1.29, 1.82) is 0 Å². The number of hydrogen-bond donors (Lipinski definition) is 1. The highest BCUT2D eigenvalue weighted by Gasteiger charge is 2.28. The summed E-state index contributed by atoms with van der Waals surface area (Å²) in [6.07, 6.45) is 5.16. The Kier molecular flexibility index (Phi) is 6.19. The number of hydrogen-bond acceptors (Lipinski definition) is 4. The molecule has 29 heavy (non-hydrogen) atoms. The van der Waals surface area contributed by atoms with Crippen LogP contribution < -0.4 is 10.2 Å². The van der Waals surface area contributed by atoms with E-state index in [0.29, 0.717) is 6.04 Å². The topological polar surface area (TPSA) is 52.7 Å². The van der Waals surface area contributed by atoms with Gasteiger partial charge in [0, 0.05) is 37.4 Å². The third-order valence-electron chi connectivity index (χ3n) is 6.11. The van der Waals surface area contributed by atoms with E-state index in [1.165, 1.54) is 17.8 Å². The fraction of sp³-hybridized carbons (Fsp3) is 0.478. The molecule has 2 saturated heterocycles. The predicted molar refractivity (Wildman–Crippen MR) is 118 cm³/mol. The molecule has 0 bridgehead atoms. The molecule has 1 atom stereocenters. The molecule has 2 fully saturated rings. The molecule has 1 N–H and O–H groups in total. The Labute approximate surface area is 176 Å². The number of carbonyl (C=O) groups excluding carboxylic acids is 2. The minimum atomic E-state index is 0.0214. The second-order valence-electron chi connectivity index (χ2n) is 8.07. The molecule has 0 spiro atoms. The largest absolute Gasteiger partial charge is 0.371 e. The number of amides is 2. The van der Waals surface area contributed by atoms with Gasteiger partial charge in [0.2, 0.25) is 0 Å². The van der Waals surface area contributed by atoms with Crippen LogP contribution in [-0.2, 0) is 0 Å². The average molecular weight is 412 g/mol. The molecule has 0 unspecified atom stereocenters. The molecule has 3 heterocycles. The SMILES string of the molecule is C[C@@H]1CCCCN1C(=O)c1ccccc1N1CCC(NC(=O)c2cccs2)CC1. The molecule has 0 saturated carbocycles. The Morgan fingerprint density at radius 1 is 1.00 bits per heavy atom. The monoisotopic (exact) mass is 411 g/mol. The second-order valence-corrected chi connectivity index (χ2v) is 9.02. The van der Waals surface area contributed by atoms with Gasteiger partial charge in [-0.25, -0.2) is 0 Å². The minimum absolute atomic E-state index is 0.0214. The summed E-state index contributed by atoms with van der Waals surface area (Å²) in [5.41, 5.74) is 1.83. The van der Waals surface area contributed by atoms with Crippen molar-refractivity contribution in [3.05, 3.63) is 52.2 Å². The van der Waals surface area contributed by atoms with Gasteiger partial charge in [-0.05, 0) is 62.6 Å². The number of anilines is 1. The molecule has 2 aliphatic heterocycles. The lowest BCUT2D eigenvalue weighted by Gasteiger charge is -2.37. The van der Waals surface area contributed by atoms with E-state index in [-0.39, 0.29) is 17.9 Å². The van der Waals surface area contributed by atoms with Crippen LogP contribution in [0.25, 0.3) is 0 Å². The zero-order chi connectivity index (χ0) is 20.2. The molecule has 6 heteroatoms. The van der Waals surface area contributed by atoms with Gasteiger partial charge in [0.25, 0.3) is 11.8 Å². The number of para-hydroxylation sites is 1. The number of likely N-dealkylation sites (tertiary alicyclic amines) is 1. The maximum atomic E-state index is 13.3. The van der Waals surface area contributed by atoms with Crippen molar-refractivity contribution < 1.29 is 9.59 Å². The van der Waals surface area contributed by atoms with Crippen molar-refractivity contribution in [2.45, 2.75) is 51.1 Å². The Bertz CT molecular complexity index is 844. The van der Waals surface area contributed by atoms with E-state index in [4.69, 9.17) is 0 Å². The molecule has 0 aliphatic carbocycles. The first-order valence-electron chi connectivity index (χ1n) is 10.6. The first-order valence-corrected chi connectivity index (χ1v) is 11.5. The summed E-state index contributed by atoms with van der Waals surface area (Å²) in [6.45, 7) is 4.69. The molecule has 2 amide bonds. The molecular weight excluding hydrogens is 382 g/mol. The van der Waals surface area contributed by atoms with E-state index in [1.54, 1.807) is 0 Å². The van der Waals surface area contributed by atoms with Crippen molar-refractivity contribution in [3.8, 4) is 0 Å². The lowest BCUT2D eigenvalue weighted by Crippen LogP contribution is -2.46. The molecular formula is C23H29N3O2S. The number of nitrogens with one attached hydrogen (secondary N) is 1. The highest BCUT2D eigenvalue weighted by Crippen LogP contribution is 2.28. The van der Waals surface area contributed by atoms with Gasteiger partial charge in [-0.3, -0.25) is 9.59 Å². The van der Waals surface area contributed by atoms with Crippen LogP contribution in [0.15, 0.2) is 41.8 Å². The summed E-state index contributed by atoms with van der Waals surface area (Å²) in [7, 11) is 0. The van der Waals surface area contributed by atoms with E-state index in [2.05, 4.69) is 23.2 Å². The van der Waals surface area contributed by atoms with Crippen LogP contribution >= 0.6 is 11.3 Å². The van der Waals surface area contributed by atoms with E-state index < -0.39 is 0 Å². The predicted octanol–water partition coefficient (Wildman–Crippen LogP) is 4.16. The van der Waals surface area contributed by atoms with Gasteiger partial charge in [-0.2, -0.15) is 0 Å². The van der Waals surface area contributed by atoms with Crippen LogP contribution in [0, 0.1) is 0 Å². The molecule has 4 rings (SSSR count). The molecule has 1 aromatic carbocycles. The second kappa shape index (κ2) is 8.99.